The predicted molar refractivity (Wildman–Crippen MR) is 102 cm³/mol. The average molecular weight is 367 g/mol. The molecule has 0 unspecified atom stereocenters. The molecule has 1 fully saturated rings. The highest BCUT2D eigenvalue weighted by Gasteiger charge is 2.14. The number of ether oxygens (including phenoxy) is 1. The van der Waals surface area contributed by atoms with Crippen LogP contribution < -0.4 is 5.32 Å². The van der Waals surface area contributed by atoms with Gasteiger partial charge in [0.05, 0.1) is 24.3 Å². The van der Waals surface area contributed by atoms with E-state index in [2.05, 4.69) is 25.2 Å². The van der Waals surface area contributed by atoms with Gasteiger partial charge in [-0.1, -0.05) is 0 Å². The van der Waals surface area contributed by atoms with Gasteiger partial charge in [0.1, 0.15) is 5.82 Å². The maximum atomic E-state index is 11.3. The van der Waals surface area contributed by atoms with Crippen LogP contribution in [-0.4, -0.2) is 70.3 Å². The highest BCUT2D eigenvalue weighted by molar-refractivity contribution is 6.00. The third-order valence-corrected chi connectivity index (χ3v) is 4.64. The van der Waals surface area contributed by atoms with Crippen LogP contribution in [-0.2, 0) is 4.74 Å². The van der Waals surface area contributed by atoms with Crippen molar-refractivity contribution in [1.29, 1.82) is 0 Å². The third-order valence-electron chi connectivity index (χ3n) is 4.64. The minimum atomic E-state index is -1.00. The van der Waals surface area contributed by atoms with Gasteiger partial charge in [0.15, 0.2) is 5.65 Å². The number of fused-ring (bicyclic) bond motifs is 1. The Hall–Kier alpha value is -2.97. The van der Waals surface area contributed by atoms with Crippen LogP contribution in [0.15, 0.2) is 36.5 Å². The van der Waals surface area contributed by atoms with Gasteiger partial charge in [0, 0.05) is 43.6 Å². The Morgan fingerprint density at radius 1 is 1.22 bits per heavy atom. The predicted octanol–water partition coefficient (Wildman–Crippen LogP) is 2.07. The SMILES string of the molecule is O=C(O)c1ccnc2nc(-c3ccc(NCCN4CCOCC4)cc3)[nH]c12. The van der Waals surface area contributed by atoms with Crippen LogP contribution in [0, 0.1) is 0 Å². The molecule has 8 nitrogen and oxygen atoms in total. The molecule has 0 atom stereocenters. The van der Waals surface area contributed by atoms with Crippen LogP contribution in [0.3, 0.4) is 0 Å². The summed E-state index contributed by atoms with van der Waals surface area (Å²) in [5, 5.41) is 12.7. The number of carbonyl (C=O) groups is 1. The van der Waals surface area contributed by atoms with E-state index in [-0.39, 0.29) is 5.56 Å². The number of aromatic amines is 1. The van der Waals surface area contributed by atoms with Crippen molar-refractivity contribution in [3.8, 4) is 11.4 Å². The van der Waals surface area contributed by atoms with E-state index in [1.807, 2.05) is 24.3 Å². The summed E-state index contributed by atoms with van der Waals surface area (Å²) in [7, 11) is 0. The van der Waals surface area contributed by atoms with E-state index in [0.717, 1.165) is 50.6 Å². The molecule has 1 aliphatic heterocycles. The first-order chi connectivity index (χ1) is 13.2. The van der Waals surface area contributed by atoms with Gasteiger partial charge in [-0.15, -0.1) is 0 Å². The number of pyridine rings is 1. The van der Waals surface area contributed by atoms with Crippen LogP contribution in [0.1, 0.15) is 10.4 Å². The maximum absolute atomic E-state index is 11.3. The first-order valence-corrected chi connectivity index (χ1v) is 8.93. The first kappa shape index (κ1) is 17.4. The van der Waals surface area contributed by atoms with Crippen molar-refractivity contribution in [2.75, 3.05) is 44.7 Å². The van der Waals surface area contributed by atoms with Gasteiger partial charge >= 0.3 is 5.97 Å². The van der Waals surface area contributed by atoms with Crippen LogP contribution in [0.25, 0.3) is 22.6 Å². The number of carboxylic acids is 1. The lowest BCUT2D eigenvalue weighted by atomic mass is 10.2. The largest absolute Gasteiger partial charge is 0.478 e. The molecular formula is C19H21N5O3. The van der Waals surface area contributed by atoms with Crippen LogP contribution >= 0.6 is 0 Å². The van der Waals surface area contributed by atoms with Crippen molar-refractivity contribution in [2.24, 2.45) is 0 Å². The fraction of sp³-hybridized carbons (Fsp3) is 0.316. The van der Waals surface area contributed by atoms with Gasteiger partial charge in [0.25, 0.3) is 0 Å². The molecule has 1 saturated heterocycles. The second kappa shape index (κ2) is 7.73. The van der Waals surface area contributed by atoms with Crippen molar-refractivity contribution >= 4 is 22.8 Å². The number of imidazole rings is 1. The summed E-state index contributed by atoms with van der Waals surface area (Å²) >= 11 is 0. The van der Waals surface area contributed by atoms with Crippen LogP contribution in [0.4, 0.5) is 5.69 Å². The number of aromatic carboxylic acids is 1. The topological polar surface area (TPSA) is 103 Å². The monoisotopic (exact) mass is 367 g/mol. The molecule has 3 heterocycles. The van der Waals surface area contributed by atoms with Gasteiger partial charge < -0.3 is 20.1 Å². The molecule has 2 aromatic heterocycles. The van der Waals surface area contributed by atoms with Crippen molar-refractivity contribution in [3.05, 3.63) is 42.1 Å². The minimum Gasteiger partial charge on any atom is -0.478 e. The zero-order valence-electron chi connectivity index (χ0n) is 14.8. The summed E-state index contributed by atoms with van der Waals surface area (Å²) in [6.07, 6.45) is 1.46. The first-order valence-electron chi connectivity index (χ1n) is 8.93. The maximum Gasteiger partial charge on any atom is 0.338 e. The van der Waals surface area contributed by atoms with Crippen molar-refractivity contribution in [1.82, 2.24) is 19.9 Å². The number of rotatable bonds is 6. The normalized spacial score (nSPS) is 15.1. The zero-order chi connectivity index (χ0) is 18.6. The molecular weight excluding hydrogens is 346 g/mol. The number of benzene rings is 1. The van der Waals surface area contributed by atoms with Gasteiger partial charge in [0.2, 0.25) is 0 Å². The second-order valence-electron chi connectivity index (χ2n) is 6.41. The summed E-state index contributed by atoms with van der Waals surface area (Å²) in [5.74, 6) is -0.400. The molecule has 27 heavy (non-hydrogen) atoms. The lowest BCUT2D eigenvalue weighted by Gasteiger charge is -2.26. The number of nitrogens with one attached hydrogen (secondary N) is 2. The quantitative estimate of drug-likeness (QED) is 0.613. The van der Waals surface area contributed by atoms with E-state index in [1.54, 1.807) is 0 Å². The van der Waals surface area contributed by atoms with Gasteiger partial charge in [-0.25, -0.2) is 14.8 Å². The molecule has 140 valence electrons. The average Bonchev–Trinajstić information content (AvgIpc) is 3.13. The Morgan fingerprint density at radius 3 is 2.74 bits per heavy atom. The standard InChI is InChI=1S/C19H21N5O3/c25-19(26)15-5-6-21-18-16(15)22-17(23-18)13-1-3-14(4-2-13)20-7-8-24-9-11-27-12-10-24/h1-6,20H,7-12H2,(H,25,26)(H,21,22,23). The zero-order valence-corrected chi connectivity index (χ0v) is 14.8. The summed E-state index contributed by atoms with van der Waals surface area (Å²) in [6, 6.07) is 9.36. The van der Waals surface area contributed by atoms with Crippen molar-refractivity contribution in [3.63, 3.8) is 0 Å². The fourth-order valence-electron chi connectivity index (χ4n) is 3.16. The Morgan fingerprint density at radius 2 is 2.00 bits per heavy atom. The van der Waals surface area contributed by atoms with E-state index >= 15 is 0 Å². The highest BCUT2D eigenvalue weighted by atomic mass is 16.5. The van der Waals surface area contributed by atoms with Crippen molar-refractivity contribution < 1.29 is 14.6 Å². The number of hydrogen-bond donors (Lipinski definition) is 3. The number of carboxylic acid groups (broad SMARTS) is 1. The molecule has 8 heteroatoms. The number of H-pyrrole nitrogens is 1. The summed E-state index contributed by atoms with van der Waals surface area (Å²) in [4.78, 5) is 25.3. The molecule has 3 N–H and O–H groups in total. The molecule has 0 saturated carbocycles. The van der Waals surface area contributed by atoms with Gasteiger partial charge in [-0.2, -0.15) is 0 Å². The summed E-state index contributed by atoms with van der Waals surface area (Å²) in [5.41, 5.74) is 2.92. The molecule has 0 amide bonds. The van der Waals surface area contributed by atoms with Gasteiger partial charge in [-0.3, -0.25) is 4.90 Å². The van der Waals surface area contributed by atoms with E-state index in [9.17, 15) is 9.90 Å². The summed E-state index contributed by atoms with van der Waals surface area (Å²) < 4.78 is 5.35. The lowest BCUT2D eigenvalue weighted by molar-refractivity contribution is 0.0398. The van der Waals surface area contributed by atoms with E-state index in [1.165, 1.54) is 12.3 Å². The molecule has 0 spiro atoms. The molecule has 3 aromatic rings. The number of anilines is 1. The van der Waals surface area contributed by atoms with E-state index < -0.39 is 5.97 Å². The minimum absolute atomic E-state index is 0.167. The number of aromatic nitrogens is 3. The molecule has 0 radical (unpaired) electrons. The Bertz CT molecular complexity index is 932. The van der Waals surface area contributed by atoms with Crippen LogP contribution in [0.5, 0.6) is 0 Å². The van der Waals surface area contributed by atoms with Gasteiger partial charge in [-0.05, 0) is 30.3 Å². The smallest absolute Gasteiger partial charge is 0.338 e. The second-order valence-corrected chi connectivity index (χ2v) is 6.41. The summed E-state index contributed by atoms with van der Waals surface area (Å²) in [6.45, 7) is 5.45. The van der Waals surface area contributed by atoms with Crippen LogP contribution in [0.2, 0.25) is 0 Å². The highest BCUT2D eigenvalue weighted by Crippen LogP contribution is 2.23. The van der Waals surface area contributed by atoms with E-state index in [4.69, 9.17) is 4.74 Å². The fourth-order valence-corrected chi connectivity index (χ4v) is 3.16. The molecule has 1 aliphatic rings. The Balaban J connectivity index is 1.43. The third kappa shape index (κ3) is 3.91. The Labute approximate surface area is 156 Å². The number of nitrogens with zero attached hydrogens (tertiary/aromatic N) is 3. The lowest BCUT2D eigenvalue weighted by Crippen LogP contribution is -2.38. The number of hydrogen-bond acceptors (Lipinski definition) is 6. The number of morpholine rings is 1. The van der Waals surface area contributed by atoms with E-state index in [0.29, 0.717) is 17.0 Å². The Kier molecular flexibility index (Phi) is 4.99. The van der Waals surface area contributed by atoms with Crippen molar-refractivity contribution in [2.45, 2.75) is 0 Å². The molecule has 4 rings (SSSR count). The molecule has 1 aromatic carbocycles. The molecule has 0 aliphatic carbocycles. The molecule has 0 bridgehead atoms.